The highest BCUT2D eigenvalue weighted by atomic mass is 16.5. The van der Waals surface area contributed by atoms with Gasteiger partial charge < -0.3 is 10.1 Å². The minimum atomic E-state index is -0.499. The third-order valence-corrected chi connectivity index (χ3v) is 3.78. The maximum Gasteiger partial charge on any atom is 0.265 e. The number of ether oxygens (including phenoxy) is 1. The standard InChI is InChI=1S/C20H25NO2/c1-5-19(23-18-8-6-7-15(4)13-18)20(22)21-17-11-9-16(10-12-17)14(2)3/h6-14,19H,5H2,1-4H3,(H,21,22). The minimum absolute atomic E-state index is 0.119. The summed E-state index contributed by atoms with van der Waals surface area (Å²) in [5.74, 6) is 1.08. The summed E-state index contributed by atoms with van der Waals surface area (Å²) in [7, 11) is 0. The number of amides is 1. The van der Waals surface area contributed by atoms with Crippen molar-refractivity contribution in [3.05, 3.63) is 59.7 Å². The topological polar surface area (TPSA) is 38.3 Å². The number of hydrogen-bond acceptors (Lipinski definition) is 2. The molecule has 0 bridgehead atoms. The number of rotatable bonds is 6. The van der Waals surface area contributed by atoms with Gasteiger partial charge in [-0.05, 0) is 54.7 Å². The minimum Gasteiger partial charge on any atom is -0.481 e. The lowest BCUT2D eigenvalue weighted by molar-refractivity contribution is -0.122. The van der Waals surface area contributed by atoms with Gasteiger partial charge >= 0.3 is 0 Å². The second-order valence-corrected chi connectivity index (χ2v) is 6.10. The van der Waals surface area contributed by atoms with Crippen LogP contribution in [0.15, 0.2) is 48.5 Å². The first kappa shape index (κ1) is 17.1. The van der Waals surface area contributed by atoms with Crippen LogP contribution in [-0.2, 0) is 4.79 Å². The van der Waals surface area contributed by atoms with Crippen LogP contribution in [0, 0.1) is 6.92 Å². The monoisotopic (exact) mass is 311 g/mol. The molecule has 0 saturated carbocycles. The summed E-state index contributed by atoms with van der Waals surface area (Å²) >= 11 is 0. The first-order chi connectivity index (χ1) is 11.0. The SMILES string of the molecule is CCC(Oc1cccc(C)c1)C(=O)Nc1ccc(C(C)C)cc1. The first-order valence-corrected chi connectivity index (χ1v) is 8.13. The summed E-state index contributed by atoms with van der Waals surface area (Å²) in [5.41, 5.74) is 3.17. The van der Waals surface area contributed by atoms with Gasteiger partial charge in [-0.3, -0.25) is 4.79 Å². The van der Waals surface area contributed by atoms with E-state index in [1.165, 1.54) is 5.56 Å². The molecule has 0 aliphatic heterocycles. The Morgan fingerprint density at radius 1 is 1.13 bits per heavy atom. The van der Waals surface area contributed by atoms with Gasteiger partial charge in [0.05, 0.1) is 0 Å². The number of aryl methyl sites for hydroxylation is 1. The molecule has 1 unspecified atom stereocenters. The number of nitrogens with one attached hydrogen (secondary N) is 1. The van der Waals surface area contributed by atoms with Crippen LogP contribution in [0.25, 0.3) is 0 Å². The van der Waals surface area contributed by atoms with Crippen molar-refractivity contribution in [1.82, 2.24) is 0 Å². The van der Waals surface area contributed by atoms with Gasteiger partial charge in [-0.2, -0.15) is 0 Å². The van der Waals surface area contributed by atoms with Gasteiger partial charge in [0.15, 0.2) is 6.10 Å². The molecular weight excluding hydrogens is 286 g/mol. The molecule has 0 fully saturated rings. The molecule has 1 N–H and O–H groups in total. The third kappa shape index (κ3) is 4.85. The maximum atomic E-state index is 12.4. The maximum absolute atomic E-state index is 12.4. The van der Waals surface area contributed by atoms with Crippen molar-refractivity contribution >= 4 is 11.6 Å². The molecular formula is C20H25NO2. The molecule has 0 aliphatic rings. The van der Waals surface area contributed by atoms with Gasteiger partial charge in [-0.1, -0.05) is 45.0 Å². The fraction of sp³-hybridized carbons (Fsp3) is 0.350. The molecule has 23 heavy (non-hydrogen) atoms. The van der Waals surface area contributed by atoms with Crippen LogP contribution in [0.5, 0.6) is 5.75 Å². The van der Waals surface area contributed by atoms with Crippen LogP contribution < -0.4 is 10.1 Å². The molecule has 2 rings (SSSR count). The van der Waals surface area contributed by atoms with Gasteiger partial charge in [0.25, 0.3) is 5.91 Å². The van der Waals surface area contributed by atoms with E-state index < -0.39 is 6.10 Å². The molecule has 0 saturated heterocycles. The predicted molar refractivity (Wildman–Crippen MR) is 95.0 cm³/mol. The number of anilines is 1. The Labute approximate surface area is 138 Å². The largest absolute Gasteiger partial charge is 0.481 e. The molecule has 122 valence electrons. The quantitative estimate of drug-likeness (QED) is 0.822. The molecule has 1 amide bonds. The zero-order valence-electron chi connectivity index (χ0n) is 14.3. The van der Waals surface area contributed by atoms with E-state index in [0.717, 1.165) is 17.0 Å². The second kappa shape index (κ2) is 7.82. The summed E-state index contributed by atoms with van der Waals surface area (Å²) in [6, 6.07) is 15.7. The molecule has 2 aromatic carbocycles. The highest BCUT2D eigenvalue weighted by Crippen LogP contribution is 2.19. The second-order valence-electron chi connectivity index (χ2n) is 6.10. The number of carbonyl (C=O) groups is 1. The first-order valence-electron chi connectivity index (χ1n) is 8.13. The van der Waals surface area contributed by atoms with Crippen molar-refractivity contribution in [1.29, 1.82) is 0 Å². The van der Waals surface area contributed by atoms with Crippen LogP contribution in [0.2, 0.25) is 0 Å². The Kier molecular flexibility index (Phi) is 5.80. The van der Waals surface area contributed by atoms with E-state index in [2.05, 4.69) is 19.2 Å². The van der Waals surface area contributed by atoms with Crippen molar-refractivity contribution < 1.29 is 9.53 Å². The van der Waals surface area contributed by atoms with E-state index in [9.17, 15) is 4.79 Å². The Balaban J connectivity index is 2.02. The van der Waals surface area contributed by atoms with Crippen molar-refractivity contribution in [3.8, 4) is 5.75 Å². The van der Waals surface area contributed by atoms with Gasteiger partial charge in [0, 0.05) is 5.69 Å². The lowest BCUT2D eigenvalue weighted by Gasteiger charge is -2.18. The Hall–Kier alpha value is -2.29. The van der Waals surface area contributed by atoms with E-state index in [4.69, 9.17) is 4.74 Å². The fourth-order valence-electron chi connectivity index (χ4n) is 2.35. The number of carbonyl (C=O) groups excluding carboxylic acids is 1. The third-order valence-electron chi connectivity index (χ3n) is 3.78. The van der Waals surface area contributed by atoms with Gasteiger partial charge in [-0.25, -0.2) is 0 Å². The van der Waals surface area contributed by atoms with E-state index in [0.29, 0.717) is 12.3 Å². The Bertz CT molecular complexity index is 647. The summed E-state index contributed by atoms with van der Waals surface area (Å²) in [6.45, 7) is 8.25. The fourth-order valence-corrected chi connectivity index (χ4v) is 2.35. The Morgan fingerprint density at radius 2 is 1.83 bits per heavy atom. The van der Waals surface area contributed by atoms with Crippen molar-refractivity contribution in [3.63, 3.8) is 0 Å². The number of hydrogen-bond donors (Lipinski definition) is 1. The summed E-state index contributed by atoms with van der Waals surface area (Å²) in [6.07, 6.45) is 0.116. The van der Waals surface area contributed by atoms with Gasteiger partial charge in [0.1, 0.15) is 5.75 Å². The molecule has 2 aromatic rings. The van der Waals surface area contributed by atoms with Crippen molar-refractivity contribution in [2.45, 2.75) is 46.1 Å². The molecule has 0 radical (unpaired) electrons. The molecule has 0 spiro atoms. The summed E-state index contributed by atoms with van der Waals surface area (Å²) in [4.78, 5) is 12.4. The van der Waals surface area contributed by atoms with Crippen LogP contribution in [0.4, 0.5) is 5.69 Å². The smallest absolute Gasteiger partial charge is 0.265 e. The highest BCUT2D eigenvalue weighted by Gasteiger charge is 2.18. The van der Waals surface area contributed by atoms with Crippen molar-refractivity contribution in [2.24, 2.45) is 0 Å². The average molecular weight is 311 g/mol. The van der Waals surface area contributed by atoms with E-state index >= 15 is 0 Å². The summed E-state index contributed by atoms with van der Waals surface area (Å²) < 4.78 is 5.83. The van der Waals surface area contributed by atoms with E-state index in [-0.39, 0.29) is 5.91 Å². The molecule has 0 aromatic heterocycles. The number of benzene rings is 2. The lowest BCUT2D eigenvalue weighted by atomic mass is 10.0. The normalized spacial score (nSPS) is 12.0. The van der Waals surface area contributed by atoms with E-state index in [1.807, 2.05) is 62.4 Å². The molecule has 0 heterocycles. The van der Waals surface area contributed by atoms with Crippen LogP contribution in [0.3, 0.4) is 0 Å². The summed E-state index contributed by atoms with van der Waals surface area (Å²) in [5, 5.41) is 2.93. The zero-order chi connectivity index (χ0) is 16.8. The molecule has 1 atom stereocenters. The zero-order valence-corrected chi connectivity index (χ0v) is 14.3. The van der Waals surface area contributed by atoms with Gasteiger partial charge in [-0.15, -0.1) is 0 Å². The van der Waals surface area contributed by atoms with Crippen LogP contribution >= 0.6 is 0 Å². The molecule has 3 nitrogen and oxygen atoms in total. The molecule has 3 heteroatoms. The predicted octanol–water partition coefficient (Wildman–Crippen LogP) is 4.91. The van der Waals surface area contributed by atoms with Crippen LogP contribution in [-0.4, -0.2) is 12.0 Å². The van der Waals surface area contributed by atoms with Crippen LogP contribution in [0.1, 0.15) is 44.2 Å². The highest BCUT2D eigenvalue weighted by molar-refractivity contribution is 5.94. The Morgan fingerprint density at radius 3 is 2.39 bits per heavy atom. The van der Waals surface area contributed by atoms with Gasteiger partial charge in [0.2, 0.25) is 0 Å². The van der Waals surface area contributed by atoms with E-state index in [1.54, 1.807) is 0 Å². The molecule has 0 aliphatic carbocycles. The average Bonchev–Trinajstić information content (AvgIpc) is 2.53. The van der Waals surface area contributed by atoms with Crippen molar-refractivity contribution in [2.75, 3.05) is 5.32 Å². The lowest BCUT2D eigenvalue weighted by Crippen LogP contribution is -2.32.